The van der Waals surface area contributed by atoms with Crippen molar-refractivity contribution >= 4 is 0 Å². The number of aliphatic hydroxyl groups is 1. The zero-order valence-electron chi connectivity index (χ0n) is 7.96. The van der Waals surface area contributed by atoms with E-state index >= 15 is 0 Å². The summed E-state index contributed by atoms with van der Waals surface area (Å²) in [6.07, 6.45) is 2.72. The summed E-state index contributed by atoms with van der Waals surface area (Å²) < 4.78 is 0. The summed E-state index contributed by atoms with van der Waals surface area (Å²) in [4.78, 5) is 2.10. The van der Waals surface area contributed by atoms with Gasteiger partial charge >= 0.3 is 0 Å². The van der Waals surface area contributed by atoms with E-state index in [1.165, 1.54) is 5.57 Å². The topological polar surface area (TPSA) is 23.5 Å². The first-order valence-corrected chi connectivity index (χ1v) is 4.00. The van der Waals surface area contributed by atoms with Crippen LogP contribution in [0.25, 0.3) is 0 Å². The van der Waals surface area contributed by atoms with E-state index < -0.39 is 0 Å². The molecule has 0 rings (SSSR count). The molecule has 0 fully saturated rings. The molecule has 0 aromatic heterocycles. The minimum atomic E-state index is -0.214. The van der Waals surface area contributed by atoms with Crippen LogP contribution in [-0.2, 0) is 0 Å². The maximum absolute atomic E-state index is 9.03. The molecule has 0 saturated heterocycles. The monoisotopic (exact) mass is 157 g/mol. The zero-order chi connectivity index (χ0) is 8.85. The van der Waals surface area contributed by atoms with Gasteiger partial charge in [0.2, 0.25) is 0 Å². The second-order valence-electron chi connectivity index (χ2n) is 3.37. The van der Waals surface area contributed by atoms with E-state index in [9.17, 15) is 0 Å². The third-order valence-corrected chi connectivity index (χ3v) is 1.42. The number of hydrogen-bond acceptors (Lipinski definition) is 2. The summed E-state index contributed by atoms with van der Waals surface area (Å²) >= 11 is 0. The van der Waals surface area contributed by atoms with Crippen molar-refractivity contribution in [2.75, 3.05) is 20.6 Å². The van der Waals surface area contributed by atoms with Crippen LogP contribution in [0.1, 0.15) is 20.3 Å². The van der Waals surface area contributed by atoms with E-state index in [-0.39, 0.29) is 6.10 Å². The van der Waals surface area contributed by atoms with Crippen LogP contribution in [0.3, 0.4) is 0 Å². The van der Waals surface area contributed by atoms with Crippen molar-refractivity contribution in [2.45, 2.75) is 26.4 Å². The number of aliphatic hydroxyl groups excluding tert-OH is 1. The molecule has 11 heavy (non-hydrogen) atoms. The SMILES string of the molecule is CC(=CCN(C)C)CC(C)O. The van der Waals surface area contributed by atoms with Crippen molar-refractivity contribution in [1.82, 2.24) is 4.90 Å². The van der Waals surface area contributed by atoms with E-state index in [1.807, 2.05) is 21.0 Å². The molecule has 2 heteroatoms. The van der Waals surface area contributed by atoms with Crippen LogP contribution in [0, 0.1) is 0 Å². The average molecular weight is 157 g/mol. The first-order valence-electron chi connectivity index (χ1n) is 4.00. The number of hydrogen-bond donors (Lipinski definition) is 1. The van der Waals surface area contributed by atoms with Gasteiger partial charge in [-0.3, -0.25) is 0 Å². The van der Waals surface area contributed by atoms with Gasteiger partial charge < -0.3 is 10.0 Å². The fraction of sp³-hybridized carbons (Fsp3) is 0.778. The van der Waals surface area contributed by atoms with Crippen LogP contribution in [0.5, 0.6) is 0 Å². The van der Waals surface area contributed by atoms with Gasteiger partial charge in [-0.2, -0.15) is 0 Å². The van der Waals surface area contributed by atoms with E-state index in [0.717, 1.165) is 13.0 Å². The van der Waals surface area contributed by atoms with Crippen LogP contribution in [-0.4, -0.2) is 36.8 Å². The summed E-state index contributed by atoms with van der Waals surface area (Å²) in [5, 5.41) is 9.03. The summed E-state index contributed by atoms with van der Waals surface area (Å²) in [5.74, 6) is 0. The normalized spacial score (nSPS) is 15.6. The molecule has 1 unspecified atom stereocenters. The van der Waals surface area contributed by atoms with Crippen molar-refractivity contribution in [2.24, 2.45) is 0 Å². The molecule has 0 aromatic rings. The lowest BCUT2D eigenvalue weighted by atomic mass is 10.1. The molecule has 0 spiro atoms. The van der Waals surface area contributed by atoms with Gasteiger partial charge in [0, 0.05) is 6.54 Å². The molecule has 0 bridgehead atoms. The second-order valence-corrected chi connectivity index (χ2v) is 3.37. The molecule has 0 saturated carbocycles. The fourth-order valence-electron chi connectivity index (χ4n) is 0.888. The summed E-state index contributed by atoms with van der Waals surface area (Å²) in [6, 6.07) is 0. The van der Waals surface area contributed by atoms with Gasteiger partial charge in [0.25, 0.3) is 0 Å². The summed E-state index contributed by atoms with van der Waals surface area (Å²) in [6.45, 7) is 4.82. The Hall–Kier alpha value is -0.340. The average Bonchev–Trinajstić information content (AvgIpc) is 1.82. The third kappa shape index (κ3) is 7.56. The van der Waals surface area contributed by atoms with Gasteiger partial charge in [0.05, 0.1) is 6.10 Å². The highest BCUT2D eigenvalue weighted by molar-refractivity contribution is 5.00. The first kappa shape index (κ1) is 10.7. The molecule has 66 valence electrons. The molecule has 2 nitrogen and oxygen atoms in total. The smallest absolute Gasteiger partial charge is 0.0549 e. The van der Waals surface area contributed by atoms with E-state index in [2.05, 4.69) is 17.9 Å². The first-order chi connectivity index (χ1) is 5.02. The molecule has 1 N–H and O–H groups in total. The van der Waals surface area contributed by atoms with Crippen molar-refractivity contribution in [3.8, 4) is 0 Å². The molecule has 0 aliphatic heterocycles. The minimum absolute atomic E-state index is 0.214. The Balaban J connectivity index is 3.63. The van der Waals surface area contributed by atoms with Crippen molar-refractivity contribution < 1.29 is 5.11 Å². The summed E-state index contributed by atoms with van der Waals surface area (Å²) in [5.41, 5.74) is 1.26. The Morgan fingerprint density at radius 2 is 2.09 bits per heavy atom. The van der Waals surface area contributed by atoms with Crippen LogP contribution in [0.15, 0.2) is 11.6 Å². The molecular formula is C9H19NO. The van der Waals surface area contributed by atoms with Gasteiger partial charge in [-0.15, -0.1) is 0 Å². The molecule has 0 heterocycles. The Bertz CT molecular complexity index is 128. The predicted octanol–water partition coefficient (Wildman–Crippen LogP) is 1.27. The van der Waals surface area contributed by atoms with Gasteiger partial charge in [0.15, 0.2) is 0 Å². The van der Waals surface area contributed by atoms with Crippen LogP contribution in [0.2, 0.25) is 0 Å². The maximum Gasteiger partial charge on any atom is 0.0549 e. The van der Waals surface area contributed by atoms with Gasteiger partial charge in [0.1, 0.15) is 0 Å². The second kappa shape index (κ2) is 5.33. The van der Waals surface area contributed by atoms with Crippen LogP contribution in [0.4, 0.5) is 0 Å². The highest BCUT2D eigenvalue weighted by Gasteiger charge is 1.96. The highest BCUT2D eigenvalue weighted by atomic mass is 16.3. The van der Waals surface area contributed by atoms with Crippen molar-refractivity contribution in [3.63, 3.8) is 0 Å². The Morgan fingerprint density at radius 3 is 2.45 bits per heavy atom. The maximum atomic E-state index is 9.03. The minimum Gasteiger partial charge on any atom is -0.393 e. The van der Waals surface area contributed by atoms with Gasteiger partial charge in [-0.05, 0) is 34.4 Å². The van der Waals surface area contributed by atoms with Crippen LogP contribution < -0.4 is 0 Å². The fourth-order valence-corrected chi connectivity index (χ4v) is 0.888. The van der Waals surface area contributed by atoms with E-state index in [4.69, 9.17) is 5.11 Å². The largest absolute Gasteiger partial charge is 0.393 e. The van der Waals surface area contributed by atoms with E-state index in [0.29, 0.717) is 0 Å². The standard InChI is InChI=1S/C9H19NO/c1-8(7-9(2)11)5-6-10(3)4/h5,9,11H,6-7H2,1-4H3. The quantitative estimate of drug-likeness (QED) is 0.621. The Morgan fingerprint density at radius 1 is 1.55 bits per heavy atom. The predicted molar refractivity (Wildman–Crippen MR) is 48.6 cm³/mol. The van der Waals surface area contributed by atoms with Crippen molar-refractivity contribution in [1.29, 1.82) is 0 Å². The number of nitrogens with zero attached hydrogens (tertiary/aromatic N) is 1. The summed E-state index contributed by atoms with van der Waals surface area (Å²) in [7, 11) is 4.07. The molecule has 0 radical (unpaired) electrons. The third-order valence-electron chi connectivity index (χ3n) is 1.42. The Labute approximate surface area is 69.5 Å². The number of likely N-dealkylation sites (N-methyl/N-ethyl adjacent to an activating group) is 1. The lowest BCUT2D eigenvalue weighted by Crippen LogP contribution is -2.11. The lowest BCUT2D eigenvalue weighted by Gasteiger charge is -2.07. The number of rotatable bonds is 4. The lowest BCUT2D eigenvalue weighted by molar-refractivity contribution is 0.195. The van der Waals surface area contributed by atoms with Crippen molar-refractivity contribution in [3.05, 3.63) is 11.6 Å². The molecule has 1 atom stereocenters. The molecule has 0 aliphatic rings. The molecular weight excluding hydrogens is 138 g/mol. The van der Waals surface area contributed by atoms with Gasteiger partial charge in [-0.25, -0.2) is 0 Å². The van der Waals surface area contributed by atoms with Gasteiger partial charge in [-0.1, -0.05) is 11.6 Å². The van der Waals surface area contributed by atoms with E-state index in [1.54, 1.807) is 0 Å². The molecule has 0 aromatic carbocycles. The Kier molecular flexibility index (Phi) is 5.16. The zero-order valence-corrected chi connectivity index (χ0v) is 7.96. The molecule has 0 aliphatic carbocycles. The highest BCUT2D eigenvalue weighted by Crippen LogP contribution is 2.03. The van der Waals surface area contributed by atoms with Crippen LogP contribution >= 0.6 is 0 Å². The molecule has 0 amide bonds.